The van der Waals surface area contributed by atoms with Crippen LogP contribution in [0.3, 0.4) is 0 Å². The van der Waals surface area contributed by atoms with Gasteiger partial charge in [0.25, 0.3) is 0 Å². The zero-order valence-electron chi connectivity index (χ0n) is 16.8. The van der Waals surface area contributed by atoms with Crippen LogP contribution in [-0.4, -0.2) is 53.1 Å². The highest BCUT2D eigenvalue weighted by Gasteiger charge is 2.42. The van der Waals surface area contributed by atoms with E-state index in [4.69, 9.17) is 9.84 Å². The number of hydrogen-bond acceptors (Lipinski definition) is 4. The van der Waals surface area contributed by atoms with E-state index in [0.717, 1.165) is 37.2 Å². The lowest BCUT2D eigenvalue weighted by atomic mass is 9.74. The lowest BCUT2D eigenvalue weighted by molar-refractivity contribution is -0.00414. The first-order valence-corrected chi connectivity index (χ1v) is 10.4. The number of hydrogen-bond donors (Lipinski definition) is 1. The van der Waals surface area contributed by atoms with Crippen molar-refractivity contribution in [2.45, 2.75) is 38.1 Å². The Hall–Kier alpha value is -2.34. The highest BCUT2D eigenvalue weighted by molar-refractivity contribution is 5.67. The molecule has 5 rings (SSSR count). The Bertz CT molecular complexity index is 804. The average Bonchev–Trinajstić information content (AvgIpc) is 3.13. The Kier molecular flexibility index (Phi) is 5.67. The van der Waals surface area contributed by atoms with Crippen LogP contribution in [0, 0.1) is 5.92 Å². The normalized spacial score (nSPS) is 26.2. The van der Waals surface area contributed by atoms with E-state index >= 15 is 0 Å². The summed E-state index contributed by atoms with van der Waals surface area (Å²) >= 11 is 0. The van der Waals surface area contributed by atoms with Gasteiger partial charge in [0.2, 0.25) is 0 Å². The molecule has 1 unspecified atom stereocenters. The average molecular weight is 383 g/mol. The molecule has 0 aliphatic carbocycles. The van der Waals surface area contributed by atoms with Crippen molar-refractivity contribution >= 4 is 6.09 Å². The van der Waals surface area contributed by atoms with Crippen LogP contribution in [0.5, 0.6) is 0 Å². The summed E-state index contributed by atoms with van der Waals surface area (Å²) in [6.07, 6.45) is 2.91. The maximum Gasteiger partial charge on any atom is 0.407 e. The summed E-state index contributed by atoms with van der Waals surface area (Å²) in [6, 6.07) is 13.0. The van der Waals surface area contributed by atoms with E-state index in [0.29, 0.717) is 31.0 Å². The van der Waals surface area contributed by atoms with Gasteiger partial charge in [-0.25, -0.2) is 4.79 Å². The number of piperidine rings is 3. The minimum Gasteiger partial charge on any atom is -0.448 e. The Morgan fingerprint density at radius 1 is 1.32 bits per heavy atom. The highest BCUT2D eigenvalue weighted by atomic mass is 16.5. The fourth-order valence-electron chi connectivity index (χ4n) is 4.68. The molecule has 6 heteroatoms. The van der Waals surface area contributed by atoms with E-state index < -0.39 is 0 Å². The first-order chi connectivity index (χ1) is 13.7. The van der Waals surface area contributed by atoms with Crippen LogP contribution in [0.25, 0.3) is 11.3 Å². The van der Waals surface area contributed by atoms with E-state index in [1.54, 1.807) is 0 Å². The number of amides is 1. The van der Waals surface area contributed by atoms with Gasteiger partial charge in [-0.15, -0.1) is 0 Å². The van der Waals surface area contributed by atoms with E-state index in [2.05, 4.69) is 52.3 Å². The predicted octanol–water partition coefficient (Wildman–Crippen LogP) is 3.40. The van der Waals surface area contributed by atoms with Gasteiger partial charge in [0.05, 0.1) is 5.69 Å². The highest BCUT2D eigenvalue weighted by Crippen LogP contribution is 2.42. The van der Waals surface area contributed by atoms with Gasteiger partial charge in [-0.05, 0) is 37.8 Å². The molecule has 1 N–H and O–H groups in total. The second-order valence-electron chi connectivity index (χ2n) is 8.01. The molecule has 6 nitrogen and oxygen atoms in total. The second-order valence-corrected chi connectivity index (χ2v) is 8.01. The van der Waals surface area contributed by atoms with Crippen molar-refractivity contribution in [2.75, 3.05) is 26.2 Å². The number of nitrogens with zero attached hydrogens (tertiary/aromatic N) is 3. The summed E-state index contributed by atoms with van der Waals surface area (Å²) in [5, 5.41) is 7.55. The standard InChI is InChI=1S/C22H30N4O2/c1-3-10-23-22(27)28-15-18-12-17-9-11-26(18)14-19(17)21-13-20(24-25(21)2)16-7-5-4-6-8-16/h4-8,13,17-19H,3,9-12,14-15H2,1-2H3,(H,23,27)/t17-,18+,19+/m1/s1. The number of carbonyl (C=O) groups is 1. The van der Waals surface area contributed by atoms with Crippen molar-refractivity contribution in [3.8, 4) is 11.3 Å². The first-order valence-electron chi connectivity index (χ1n) is 10.4. The van der Waals surface area contributed by atoms with Crippen LogP contribution >= 0.6 is 0 Å². The molecule has 1 aromatic heterocycles. The maximum atomic E-state index is 11.8. The van der Waals surface area contributed by atoms with Crippen molar-refractivity contribution in [3.05, 3.63) is 42.1 Å². The number of ether oxygens (including phenoxy) is 1. The van der Waals surface area contributed by atoms with Gasteiger partial charge in [0, 0.05) is 43.4 Å². The molecule has 4 atom stereocenters. The molecule has 4 heterocycles. The Labute approximate surface area is 166 Å². The number of aromatic nitrogens is 2. The van der Waals surface area contributed by atoms with Gasteiger partial charge in [-0.3, -0.25) is 9.58 Å². The van der Waals surface area contributed by atoms with Gasteiger partial charge >= 0.3 is 6.09 Å². The largest absolute Gasteiger partial charge is 0.448 e. The van der Waals surface area contributed by atoms with Gasteiger partial charge in [-0.1, -0.05) is 37.3 Å². The second kappa shape index (κ2) is 8.35. The van der Waals surface area contributed by atoms with Crippen LogP contribution in [0.15, 0.2) is 36.4 Å². The molecule has 0 saturated carbocycles. The molecule has 1 amide bonds. The molecule has 1 aromatic carbocycles. The van der Waals surface area contributed by atoms with Crippen molar-refractivity contribution in [3.63, 3.8) is 0 Å². The molecule has 2 bridgehead atoms. The molecule has 28 heavy (non-hydrogen) atoms. The molecular formula is C22H30N4O2. The van der Waals surface area contributed by atoms with Crippen molar-refractivity contribution < 1.29 is 9.53 Å². The smallest absolute Gasteiger partial charge is 0.407 e. The Balaban J connectivity index is 1.41. The van der Waals surface area contributed by atoms with Gasteiger partial charge < -0.3 is 10.1 Å². The number of aryl methyl sites for hydroxylation is 1. The number of carbonyl (C=O) groups excluding carboxylic acids is 1. The van der Waals surface area contributed by atoms with Gasteiger partial charge in [0.1, 0.15) is 6.61 Å². The SMILES string of the molecule is CCCNC(=O)OC[C@@H]1C[C@H]2CCN1C[C@@H]2c1cc(-c2ccccc2)nn1C. The van der Waals surface area contributed by atoms with Gasteiger partial charge in [-0.2, -0.15) is 5.10 Å². The third-order valence-corrected chi connectivity index (χ3v) is 6.17. The van der Waals surface area contributed by atoms with Crippen LogP contribution in [0.2, 0.25) is 0 Å². The fraction of sp³-hybridized carbons (Fsp3) is 0.545. The molecule has 3 aliphatic heterocycles. The summed E-state index contributed by atoms with van der Waals surface area (Å²) in [7, 11) is 2.05. The van der Waals surface area contributed by atoms with E-state index in [1.807, 2.05) is 13.0 Å². The quantitative estimate of drug-likeness (QED) is 0.832. The lowest BCUT2D eigenvalue weighted by Crippen LogP contribution is -2.54. The van der Waals surface area contributed by atoms with Gasteiger partial charge in [0.15, 0.2) is 0 Å². The zero-order valence-corrected chi connectivity index (χ0v) is 16.8. The Morgan fingerprint density at radius 3 is 2.86 bits per heavy atom. The van der Waals surface area contributed by atoms with Crippen LogP contribution < -0.4 is 5.32 Å². The summed E-state index contributed by atoms with van der Waals surface area (Å²) in [6.45, 7) is 5.30. The predicted molar refractivity (Wildman–Crippen MR) is 109 cm³/mol. The van der Waals surface area contributed by atoms with Crippen LogP contribution in [0.1, 0.15) is 37.8 Å². The zero-order chi connectivity index (χ0) is 19.5. The van der Waals surface area contributed by atoms with E-state index in [9.17, 15) is 4.79 Å². The minimum absolute atomic E-state index is 0.291. The number of rotatable bonds is 6. The third-order valence-electron chi connectivity index (χ3n) is 6.17. The molecule has 3 aliphatic rings. The van der Waals surface area contributed by atoms with Crippen molar-refractivity contribution in [1.82, 2.24) is 20.0 Å². The number of fused-ring (bicyclic) bond motifs is 3. The molecule has 0 spiro atoms. The number of nitrogens with one attached hydrogen (secondary N) is 1. The third kappa shape index (κ3) is 3.92. The summed E-state index contributed by atoms with van der Waals surface area (Å²) < 4.78 is 7.51. The van der Waals surface area contributed by atoms with Crippen molar-refractivity contribution in [2.24, 2.45) is 13.0 Å². The van der Waals surface area contributed by atoms with Crippen LogP contribution in [-0.2, 0) is 11.8 Å². The first kappa shape index (κ1) is 19.0. The molecule has 3 fully saturated rings. The summed E-state index contributed by atoms with van der Waals surface area (Å²) in [4.78, 5) is 14.2. The lowest BCUT2D eigenvalue weighted by Gasteiger charge is -2.49. The summed E-state index contributed by atoms with van der Waals surface area (Å²) in [5.74, 6) is 1.12. The van der Waals surface area contributed by atoms with E-state index in [1.165, 1.54) is 12.1 Å². The monoisotopic (exact) mass is 382 g/mol. The Morgan fingerprint density at radius 2 is 2.14 bits per heavy atom. The molecular weight excluding hydrogens is 352 g/mol. The molecule has 3 saturated heterocycles. The maximum absolute atomic E-state index is 11.8. The molecule has 150 valence electrons. The topological polar surface area (TPSA) is 59.4 Å². The fourth-order valence-corrected chi connectivity index (χ4v) is 4.68. The number of alkyl carbamates (subject to hydrolysis) is 1. The minimum atomic E-state index is -0.291. The van der Waals surface area contributed by atoms with Crippen molar-refractivity contribution in [1.29, 1.82) is 0 Å². The molecule has 2 aromatic rings. The van der Waals surface area contributed by atoms with Crippen LogP contribution in [0.4, 0.5) is 4.79 Å². The molecule has 0 radical (unpaired) electrons. The van der Waals surface area contributed by atoms with E-state index in [-0.39, 0.29) is 6.09 Å². The summed E-state index contributed by atoms with van der Waals surface area (Å²) in [5.41, 5.74) is 3.52. The number of benzene rings is 1.